The van der Waals surface area contributed by atoms with Crippen LogP contribution in [0.1, 0.15) is 36.8 Å². The van der Waals surface area contributed by atoms with E-state index in [1.807, 2.05) is 53.4 Å². The molecule has 2 aromatic rings. The van der Waals surface area contributed by atoms with Crippen molar-refractivity contribution in [3.63, 3.8) is 0 Å². The van der Waals surface area contributed by atoms with Crippen molar-refractivity contribution in [2.24, 2.45) is 5.92 Å². The third-order valence-corrected chi connectivity index (χ3v) is 8.24. The quantitative estimate of drug-likeness (QED) is 0.709. The van der Waals surface area contributed by atoms with Gasteiger partial charge in [0.1, 0.15) is 0 Å². The molecule has 0 saturated carbocycles. The summed E-state index contributed by atoms with van der Waals surface area (Å²) >= 11 is 0. The molecule has 2 heterocycles. The summed E-state index contributed by atoms with van der Waals surface area (Å²) in [7, 11) is -3.27. The fraction of sp³-hybridized carbons (Fsp3) is 0.458. The molecule has 0 spiro atoms. The van der Waals surface area contributed by atoms with Crippen LogP contribution in [0, 0.1) is 5.92 Å². The van der Waals surface area contributed by atoms with Gasteiger partial charge in [-0.3, -0.25) is 4.79 Å². The number of amides is 1. The number of rotatable bonds is 6. The van der Waals surface area contributed by atoms with Crippen molar-refractivity contribution < 1.29 is 13.2 Å². The summed E-state index contributed by atoms with van der Waals surface area (Å²) < 4.78 is 27.1. The fourth-order valence-electron chi connectivity index (χ4n) is 4.60. The topological polar surface area (TPSA) is 57.7 Å². The molecule has 0 aromatic heterocycles. The molecule has 1 amide bonds. The summed E-state index contributed by atoms with van der Waals surface area (Å²) in [5, 5.41) is 0. The average molecular weight is 427 g/mol. The van der Waals surface area contributed by atoms with Crippen LogP contribution in [0.25, 0.3) is 0 Å². The van der Waals surface area contributed by atoms with Crippen LogP contribution in [0.2, 0.25) is 0 Å². The molecule has 0 aliphatic carbocycles. The van der Waals surface area contributed by atoms with Crippen molar-refractivity contribution in [1.82, 2.24) is 4.31 Å². The van der Waals surface area contributed by atoms with Gasteiger partial charge in [0.15, 0.2) is 0 Å². The van der Waals surface area contributed by atoms with Crippen LogP contribution in [-0.2, 0) is 27.7 Å². The summed E-state index contributed by atoms with van der Waals surface area (Å²) in [5.41, 5.74) is 3.43. The smallest absolute Gasteiger partial charge is 0.230 e. The maximum Gasteiger partial charge on any atom is 0.230 e. The van der Waals surface area contributed by atoms with Gasteiger partial charge in [0.25, 0.3) is 0 Å². The largest absolute Gasteiger partial charge is 0.312 e. The lowest BCUT2D eigenvalue weighted by Crippen LogP contribution is -2.46. The van der Waals surface area contributed by atoms with Gasteiger partial charge in [0.2, 0.25) is 15.9 Å². The number of fused-ring (bicyclic) bond motifs is 1. The predicted molar refractivity (Wildman–Crippen MR) is 120 cm³/mol. The van der Waals surface area contributed by atoms with Crippen molar-refractivity contribution in [3.8, 4) is 0 Å². The monoisotopic (exact) mass is 426 g/mol. The molecule has 1 saturated heterocycles. The van der Waals surface area contributed by atoms with Crippen LogP contribution in [0.5, 0.6) is 0 Å². The zero-order chi connectivity index (χ0) is 21.0. The van der Waals surface area contributed by atoms with E-state index in [2.05, 4.69) is 6.07 Å². The van der Waals surface area contributed by atoms with E-state index in [0.29, 0.717) is 32.4 Å². The van der Waals surface area contributed by atoms with Gasteiger partial charge in [-0.25, -0.2) is 12.7 Å². The SMILES string of the molecule is O=C(C1CCN(S(=O)(=O)CCCc2ccccc2)CC1)N1CCCc2ccccc21. The van der Waals surface area contributed by atoms with Crippen LogP contribution in [0.3, 0.4) is 0 Å². The van der Waals surface area contributed by atoms with E-state index in [1.54, 1.807) is 4.31 Å². The summed E-state index contributed by atoms with van der Waals surface area (Å²) in [6.07, 6.45) is 4.60. The number of nitrogens with zero attached hydrogens (tertiary/aromatic N) is 2. The van der Waals surface area contributed by atoms with Crippen molar-refractivity contribution >= 4 is 21.6 Å². The molecular formula is C24H30N2O3S. The summed E-state index contributed by atoms with van der Waals surface area (Å²) in [5.74, 6) is 0.232. The molecule has 30 heavy (non-hydrogen) atoms. The molecule has 2 aromatic carbocycles. The zero-order valence-electron chi connectivity index (χ0n) is 17.4. The molecule has 2 aliphatic rings. The third-order valence-electron chi connectivity index (χ3n) is 6.28. The van der Waals surface area contributed by atoms with Crippen LogP contribution in [-0.4, -0.2) is 44.0 Å². The average Bonchev–Trinajstić information content (AvgIpc) is 2.79. The number of anilines is 1. The first-order valence-electron chi connectivity index (χ1n) is 11.0. The molecule has 0 radical (unpaired) electrons. The van der Waals surface area contributed by atoms with Crippen molar-refractivity contribution in [1.29, 1.82) is 0 Å². The van der Waals surface area contributed by atoms with Gasteiger partial charge in [0.05, 0.1) is 5.75 Å². The van der Waals surface area contributed by atoms with E-state index in [1.165, 1.54) is 11.1 Å². The van der Waals surface area contributed by atoms with Crippen molar-refractivity contribution in [3.05, 3.63) is 65.7 Å². The predicted octanol–water partition coefficient (Wildman–Crippen LogP) is 3.64. The maximum atomic E-state index is 13.2. The molecule has 6 heteroatoms. The first-order chi connectivity index (χ1) is 14.5. The number of hydrogen-bond donors (Lipinski definition) is 0. The van der Waals surface area contributed by atoms with E-state index >= 15 is 0 Å². The number of carbonyl (C=O) groups excluding carboxylic acids is 1. The van der Waals surface area contributed by atoms with Crippen molar-refractivity contribution in [2.75, 3.05) is 30.3 Å². The summed E-state index contributed by atoms with van der Waals surface area (Å²) in [6, 6.07) is 18.1. The minimum absolute atomic E-state index is 0.0908. The fourth-order valence-corrected chi connectivity index (χ4v) is 6.13. The maximum absolute atomic E-state index is 13.2. The molecule has 0 bridgehead atoms. The third kappa shape index (κ3) is 4.76. The Labute approximate surface area is 179 Å². The van der Waals surface area contributed by atoms with Gasteiger partial charge >= 0.3 is 0 Å². The first-order valence-corrected chi connectivity index (χ1v) is 12.6. The molecule has 2 aliphatic heterocycles. The number of aryl methyl sites for hydroxylation is 2. The molecule has 5 nitrogen and oxygen atoms in total. The molecule has 4 rings (SSSR count). The van der Waals surface area contributed by atoms with E-state index in [-0.39, 0.29) is 17.6 Å². The summed E-state index contributed by atoms with van der Waals surface area (Å²) in [6.45, 7) is 1.65. The molecule has 0 unspecified atom stereocenters. The van der Waals surface area contributed by atoms with Crippen LogP contribution >= 0.6 is 0 Å². The lowest BCUT2D eigenvalue weighted by atomic mass is 9.94. The number of para-hydroxylation sites is 1. The van der Waals surface area contributed by atoms with Gasteiger partial charge in [-0.15, -0.1) is 0 Å². The second kappa shape index (κ2) is 9.31. The standard InChI is InChI=1S/C24H30N2O3S/c27-24(26-16-6-12-21-11-4-5-13-23(21)26)22-14-17-25(18-15-22)30(28,29)19-7-10-20-8-2-1-3-9-20/h1-5,8-9,11,13,22H,6-7,10,12,14-19H2. The Bertz CT molecular complexity index is 967. The number of hydrogen-bond acceptors (Lipinski definition) is 3. The van der Waals surface area contributed by atoms with E-state index < -0.39 is 10.0 Å². The van der Waals surface area contributed by atoms with Gasteiger partial charge < -0.3 is 4.90 Å². The number of sulfonamides is 1. The van der Waals surface area contributed by atoms with Crippen molar-refractivity contribution in [2.45, 2.75) is 38.5 Å². The first kappa shape index (κ1) is 21.1. The highest BCUT2D eigenvalue weighted by Crippen LogP contribution is 2.30. The van der Waals surface area contributed by atoms with Crippen LogP contribution < -0.4 is 4.90 Å². The van der Waals surface area contributed by atoms with E-state index in [0.717, 1.165) is 31.5 Å². The van der Waals surface area contributed by atoms with E-state index in [9.17, 15) is 13.2 Å². The van der Waals surface area contributed by atoms with Gasteiger partial charge in [-0.2, -0.15) is 0 Å². The Morgan fingerprint density at radius 1 is 0.933 bits per heavy atom. The van der Waals surface area contributed by atoms with Gasteiger partial charge in [0, 0.05) is 31.2 Å². The number of benzene rings is 2. The zero-order valence-corrected chi connectivity index (χ0v) is 18.2. The number of carbonyl (C=O) groups is 1. The molecule has 0 atom stereocenters. The molecular weight excluding hydrogens is 396 g/mol. The van der Waals surface area contributed by atoms with E-state index in [4.69, 9.17) is 0 Å². The molecule has 0 N–H and O–H groups in total. The highest BCUT2D eigenvalue weighted by Gasteiger charge is 2.34. The second-order valence-electron chi connectivity index (χ2n) is 8.30. The lowest BCUT2D eigenvalue weighted by molar-refractivity contribution is -0.123. The Balaban J connectivity index is 1.31. The minimum atomic E-state index is -3.27. The van der Waals surface area contributed by atoms with Crippen LogP contribution in [0.15, 0.2) is 54.6 Å². The normalized spacial score (nSPS) is 18.2. The van der Waals surface area contributed by atoms with Gasteiger partial charge in [-0.1, -0.05) is 48.5 Å². The highest BCUT2D eigenvalue weighted by atomic mass is 32.2. The van der Waals surface area contributed by atoms with Crippen LogP contribution in [0.4, 0.5) is 5.69 Å². The Morgan fingerprint density at radius 3 is 2.40 bits per heavy atom. The Hall–Kier alpha value is -2.18. The second-order valence-corrected chi connectivity index (χ2v) is 10.4. The Morgan fingerprint density at radius 2 is 1.63 bits per heavy atom. The lowest BCUT2D eigenvalue weighted by Gasteiger charge is -2.36. The van der Waals surface area contributed by atoms with Gasteiger partial charge in [-0.05, 0) is 55.7 Å². The number of piperidine rings is 1. The Kier molecular flexibility index (Phi) is 6.54. The summed E-state index contributed by atoms with van der Waals surface area (Å²) in [4.78, 5) is 15.1. The molecule has 160 valence electrons. The molecule has 1 fully saturated rings. The highest BCUT2D eigenvalue weighted by molar-refractivity contribution is 7.89. The minimum Gasteiger partial charge on any atom is -0.312 e.